The zero-order valence-electron chi connectivity index (χ0n) is 17.4. The molecule has 6 nitrogen and oxygen atoms in total. The van der Waals surface area contributed by atoms with E-state index in [0.29, 0.717) is 35.4 Å². The molecule has 0 aliphatic heterocycles. The fourth-order valence-electron chi connectivity index (χ4n) is 3.06. The van der Waals surface area contributed by atoms with E-state index < -0.39 is 29.3 Å². The van der Waals surface area contributed by atoms with E-state index >= 15 is 0 Å². The van der Waals surface area contributed by atoms with E-state index in [1.807, 2.05) is 30.3 Å². The van der Waals surface area contributed by atoms with Crippen molar-refractivity contribution in [2.75, 3.05) is 16.0 Å². The van der Waals surface area contributed by atoms with Crippen molar-refractivity contribution < 1.29 is 22.4 Å². The van der Waals surface area contributed by atoms with Gasteiger partial charge < -0.3 is 16.0 Å². The maximum absolute atomic E-state index is 13.8. The third-order valence-electron chi connectivity index (χ3n) is 4.69. The van der Waals surface area contributed by atoms with Crippen molar-refractivity contribution in [1.82, 2.24) is 9.97 Å². The zero-order valence-corrected chi connectivity index (χ0v) is 17.4. The number of urea groups is 1. The van der Waals surface area contributed by atoms with Crippen molar-refractivity contribution in [3.05, 3.63) is 96.6 Å². The van der Waals surface area contributed by atoms with E-state index in [2.05, 4.69) is 25.9 Å². The van der Waals surface area contributed by atoms with Crippen LogP contribution in [0.2, 0.25) is 0 Å². The molecule has 4 rings (SSSR count). The fourth-order valence-corrected chi connectivity index (χ4v) is 3.06. The van der Waals surface area contributed by atoms with E-state index in [1.54, 1.807) is 30.3 Å². The van der Waals surface area contributed by atoms with Gasteiger partial charge in [-0.3, -0.25) is 0 Å². The summed E-state index contributed by atoms with van der Waals surface area (Å²) in [5.41, 5.74) is 1.06. The van der Waals surface area contributed by atoms with Crippen LogP contribution in [0.25, 0.3) is 11.3 Å². The first-order valence-corrected chi connectivity index (χ1v) is 9.97. The second kappa shape index (κ2) is 9.57. The van der Waals surface area contributed by atoms with Crippen LogP contribution in [-0.2, 0) is 6.18 Å². The molecule has 0 atom stereocenters. The topological polar surface area (TPSA) is 78.9 Å². The molecule has 0 fully saturated rings. The lowest BCUT2D eigenvalue weighted by molar-refractivity contribution is -0.137. The SMILES string of the molecule is O=C(Nc1ccc(Nc2cc(-c3ccccc3)ncn2)cc1)Nc1cc(C(F)(F)F)ccc1F. The minimum Gasteiger partial charge on any atom is -0.340 e. The van der Waals surface area contributed by atoms with Gasteiger partial charge in [0.05, 0.1) is 16.9 Å². The molecule has 4 aromatic rings. The Hall–Kier alpha value is -4.47. The molecule has 1 heterocycles. The second-order valence-corrected chi connectivity index (χ2v) is 7.13. The summed E-state index contributed by atoms with van der Waals surface area (Å²) in [6, 6.07) is 18.8. The van der Waals surface area contributed by atoms with Crippen molar-refractivity contribution in [2.24, 2.45) is 0 Å². The Morgan fingerprint density at radius 2 is 1.50 bits per heavy atom. The summed E-state index contributed by atoms with van der Waals surface area (Å²) in [6.07, 6.45) is -3.22. The predicted octanol–water partition coefficient (Wildman–Crippen LogP) is 6.69. The van der Waals surface area contributed by atoms with Gasteiger partial charge in [-0.1, -0.05) is 30.3 Å². The molecule has 0 radical (unpaired) electrons. The number of carbonyl (C=O) groups excluding carboxylic acids is 1. The summed E-state index contributed by atoms with van der Waals surface area (Å²) >= 11 is 0. The highest BCUT2D eigenvalue weighted by atomic mass is 19.4. The lowest BCUT2D eigenvalue weighted by Gasteiger charge is -2.12. The molecule has 10 heteroatoms. The number of hydrogen-bond acceptors (Lipinski definition) is 4. The molecule has 3 N–H and O–H groups in total. The summed E-state index contributed by atoms with van der Waals surface area (Å²) in [7, 11) is 0. The second-order valence-electron chi connectivity index (χ2n) is 7.13. The van der Waals surface area contributed by atoms with Gasteiger partial charge in [0.25, 0.3) is 0 Å². The van der Waals surface area contributed by atoms with Gasteiger partial charge in [0.15, 0.2) is 0 Å². The molecule has 3 aromatic carbocycles. The first-order chi connectivity index (χ1) is 16.3. The highest BCUT2D eigenvalue weighted by Crippen LogP contribution is 2.32. The van der Waals surface area contributed by atoms with Crippen molar-refractivity contribution in [3.8, 4) is 11.3 Å². The molecule has 1 aromatic heterocycles. The van der Waals surface area contributed by atoms with E-state index in [4.69, 9.17) is 0 Å². The standard InChI is InChI=1S/C24H17F4N5O/c25-19-11-6-16(24(26,27)28)12-21(19)33-23(34)32-18-9-7-17(8-10-18)31-22-13-20(29-14-30-22)15-4-2-1-3-5-15/h1-14H,(H,29,30,31)(H2,32,33,34). The van der Waals surface area contributed by atoms with Gasteiger partial charge in [-0.25, -0.2) is 19.2 Å². The van der Waals surface area contributed by atoms with Crippen LogP contribution >= 0.6 is 0 Å². The van der Waals surface area contributed by atoms with Gasteiger partial charge in [0, 0.05) is 23.0 Å². The third kappa shape index (κ3) is 5.66. The molecule has 0 aliphatic rings. The number of benzene rings is 3. The summed E-state index contributed by atoms with van der Waals surface area (Å²) in [5, 5.41) is 7.66. The number of amides is 2. The average Bonchev–Trinajstić information content (AvgIpc) is 2.82. The quantitative estimate of drug-likeness (QED) is 0.286. The van der Waals surface area contributed by atoms with Crippen molar-refractivity contribution in [3.63, 3.8) is 0 Å². The molecule has 172 valence electrons. The minimum absolute atomic E-state index is 0.350. The number of alkyl halides is 3. The van der Waals surface area contributed by atoms with Gasteiger partial charge in [0.2, 0.25) is 0 Å². The van der Waals surface area contributed by atoms with Crippen molar-refractivity contribution in [2.45, 2.75) is 6.18 Å². The predicted molar refractivity (Wildman–Crippen MR) is 121 cm³/mol. The van der Waals surface area contributed by atoms with Gasteiger partial charge >= 0.3 is 12.2 Å². The molecular weight excluding hydrogens is 450 g/mol. The van der Waals surface area contributed by atoms with Crippen molar-refractivity contribution >= 4 is 28.9 Å². The Kier molecular flexibility index (Phi) is 6.39. The van der Waals surface area contributed by atoms with Crippen molar-refractivity contribution in [1.29, 1.82) is 0 Å². The number of halogens is 4. The van der Waals surface area contributed by atoms with Crippen LogP contribution in [-0.4, -0.2) is 16.0 Å². The summed E-state index contributed by atoms with van der Waals surface area (Å²) in [6.45, 7) is 0. The molecule has 0 spiro atoms. The normalized spacial score (nSPS) is 11.1. The Bertz CT molecular complexity index is 1300. The van der Waals surface area contributed by atoms with E-state index in [9.17, 15) is 22.4 Å². The number of aromatic nitrogens is 2. The van der Waals surface area contributed by atoms with Gasteiger partial charge in [-0.05, 0) is 42.5 Å². The molecular formula is C24H17F4N5O. The first-order valence-electron chi connectivity index (χ1n) is 9.97. The van der Waals surface area contributed by atoms with Gasteiger partial charge in [-0.15, -0.1) is 0 Å². The van der Waals surface area contributed by atoms with Crippen LogP contribution < -0.4 is 16.0 Å². The van der Waals surface area contributed by atoms with Gasteiger partial charge in [0.1, 0.15) is 18.0 Å². The largest absolute Gasteiger partial charge is 0.416 e. The summed E-state index contributed by atoms with van der Waals surface area (Å²) in [5.74, 6) is -0.422. The maximum atomic E-state index is 13.8. The smallest absolute Gasteiger partial charge is 0.340 e. The van der Waals surface area contributed by atoms with Crippen LogP contribution in [0.5, 0.6) is 0 Å². The van der Waals surface area contributed by atoms with Crippen LogP contribution in [0, 0.1) is 5.82 Å². The van der Waals surface area contributed by atoms with E-state index in [0.717, 1.165) is 11.3 Å². The first kappa shape index (κ1) is 22.7. The number of carbonyl (C=O) groups is 1. The molecule has 0 unspecified atom stereocenters. The van der Waals surface area contributed by atoms with Crippen LogP contribution in [0.4, 0.5) is 45.2 Å². The highest BCUT2D eigenvalue weighted by Gasteiger charge is 2.31. The highest BCUT2D eigenvalue weighted by molar-refractivity contribution is 6.00. The lowest BCUT2D eigenvalue weighted by atomic mass is 10.1. The summed E-state index contributed by atoms with van der Waals surface area (Å²) in [4.78, 5) is 20.6. The van der Waals surface area contributed by atoms with Crippen LogP contribution in [0.1, 0.15) is 5.56 Å². The lowest BCUT2D eigenvalue weighted by Crippen LogP contribution is -2.20. The minimum atomic E-state index is -4.66. The third-order valence-corrected chi connectivity index (χ3v) is 4.69. The van der Waals surface area contributed by atoms with E-state index in [1.165, 1.54) is 6.33 Å². The number of rotatable bonds is 5. The molecule has 0 aliphatic carbocycles. The molecule has 0 bridgehead atoms. The monoisotopic (exact) mass is 467 g/mol. The van der Waals surface area contributed by atoms with Crippen LogP contribution in [0.15, 0.2) is 85.2 Å². The number of anilines is 4. The maximum Gasteiger partial charge on any atom is 0.416 e. The molecule has 34 heavy (non-hydrogen) atoms. The Labute approximate surface area is 191 Å². The Morgan fingerprint density at radius 3 is 2.21 bits per heavy atom. The molecule has 0 saturated heterocycles. The number of hydrogen-bond donors (Lipinski definition) is 3. The zero-order chi connectivity index (χ0) is 24.1. The average molecular weight is 467 g/mol. The van der Waals surface area contributed by atoms with Crippen LogP contribution in [0.3, 0.4) is 0 Å². The Morgan fingerprint density at radius 1 is 0.794 bits per heavy atom. The van der Waals surface area contributed by atoms with E-state index in [-0.39, 0.29) is 0 Å². The summed E-state index contributed by atoms with van der Waals surface area (Å²) < 4.78 is 52.3. The molecule has 0 saturated carbocycles. The molecule has 2 amide bonds. The Balaban J connectivity index is 1.40. The van der Waals surface area contributed by atoms with Gasteiger partial charge in [-0.2, -0.15) is 13.2 Å². The number of nitrogens with one attached hydrogen (secondary N) is 3. The number of nitrogens with zero attached hydrogens (tertiary/aromatic N) is 2. The fraction of sp³-hybridized carbons (Fsp3) is 0.0417.